The summed E-state index contributed by atoms with van der Waals surface area (Å²) in [5.41, 5.74) is 1.09. The van der Waals surface area contributed by atoms with E-state index in [2.05, 4.69) is 17.2 Å². The predicted octanol–water partition coefficient (Wildman–Crippen LogP) is 3.92. The summed E-state index contributed by atoms with van der Waals surface area (Å²) in [4.78, 5) is 5.36. The summed E-state index contributed by atoms with van der Waals surface area (Å²) in [6.45, 7) is 3.14. The number of benzene rings is 1. The average Bonchev–Trinajstić information content (AvgIpc) is 2.51. The van der Waals surface area contributed by atoms with E-state index < -0.39 is 0 Å². The van der Waals surface area contributed by atoms with E-state index in [1.54, 1.807) is 23.9 Å². The van der Waals surface area contributed by atoms with Crippen molar-refractivity contribution in [1.82, 2.24) is 10.3 Å². The third-order valence-corrected chi connectivity index (χ3v) is 4.27. The van der Waals surface area contributed by atoms with E-state index in [0.717, 1.165) is 35.7 Å². The number of halogens is 1. The Hall–Kier alpha value is -1.39. The van der Waals surface area contributed by atoms with Crippen LogP contribution in [0, 0.1) is 5.82 Å². The van der Waals surface area contributed by atoms with Gasteiger partial charge in [0.1, 0.15) is 5.82 Å². The third kappa shape index (κ3) is 5.86. The van der Waals surface area contributed by atoms with Crippen LogP contribution in [0.3, 0.4) is 0 Å². The highest BCUT2D eigenvalue weighted by atomic mass is 32.2. The number of aromatic nitrogens is 1. The molecule has 0 fully saturated rings. The minimum atomic E-state index is -0.178. The van der Waals surface area contributed by atoms with Crippen LogP contribution in [0.25, 0.3) is 0 Å². The van der Waals surface area contributed by atoms with Crippen LogP contribution in [0.1, 0.15) is 19.0 Å². The van der Waals surface area contributed by atoms with Gasteiger partial charge in [0.05, 0.1) is 0 Å². The van der Waals surface area contributed by atoms with Gasteiger partial charge in [-0.3, -0.25) is 4.98 Å². The molecular weight excluding hydrogens is 283 g/mol. The van der Waals surface area contributed by atoms with E-state index in [1.807, 2.05) is 30.5 Å². The number of rotatable bonds is 8. The fourth-order valence-corrected chi connectivity index (χ4v) is 3.06. The maximum absolute atomic E-state index is 13.2. The van der Waals surface area contributed by atoms with E-state index in [4.69, 9.17) is 0 Å². The van der Waals surface area contributed by atoms with Crippen molar-refractivity contribution in [3.8, 4) is 0 Å². The van der Waals surface area contributed by atoms with Crippen LogP contribution in [0.5, 0.6) is 0 Å². The first-order valence-corrected chi connectivity index (χ1v) is 8.28. The topological polar surface area (TPSA) is 24.9 Å². The molecule has 0 spiro atoms. The summed E-state index contributed by atoms with van der Waals surface area (Å²) in [5.74, 6) is 0.725. The van der Waals surface area contributed by atoms with Gasteiger partial charge in [-0.05, 0) is 43.3 Å². The molecule has 0 radical (unpaired) electrons. The maximum Gasteiger partial charge on any atom is 0.124 e. The molecule has 1 heterocycles. The lowest BCUT2D eigenvalue weighted by Crippen LogP contribution is -2.34. The highest BCUT2D eigenvalue weighted by Gasteiger charge is 2.10. The Labute approximate surface area is 130 Å². The Morgan fingerprint density at radius 3 is 2.86 bits per heavy atom. The smallest absolute Gasteiger partial charge is 0.124 e. The van der Waals surface area contributed by atoms with Gasteiger partial charge in [0.25, 0.3) is 0 Å². The fraction of sp³-hybridized carbons (Fsp3) is 0.353. The van der Waals surface area contributed by atoms with Gasteiger partial charge in [0, 0.05) is 35.0 Å². The molecule has 0 saturated heterocycles. The van der Waals surface area contributed by atoms with Crippen molar-refractivity contribution in [3.63, 3.8) is 0 Å². The first-order valence-electron chi connectivity index (χ1n) is 7.29. The summed E-state index contributed by atoms with van der Waals surface area (Å²) >= 11 is 1.68. The molecule has 0 aliphatic heterocycles. The van der Waals surface area contributed by atoms with Gasteiger partial charge in [0.2, 0.25) is 0 Å². The van der Waals surface area contributed by atoms with Crippen molar-refractivity contribution < 1.29 is 4.39 Å². The predicted molar refractivity (Wildman–Crippen MR) is 87.1 cm³/mol. The monoisotopic (exact) mass is 304 g/mol. The first-order chi connectivity index (χ1) is 10.3. The van der Waals surface area contributed by atoms with Crippen molar-refractivity contribution >= 4 is 11.8 Å². The van der Waals surface area contributed by atoms with E-state index >= 15 is 0 Å². The molecule has 4 heteroatoms. The van der Waals surface area contributed by atoms with Crippen molar-refractivity contribution in [2.75, 3.05) is 12.3 Å². The quantitative estimate of drug-likeness (QED) is 0.748. The van der Waals surface area contributed by atoms with Crippen LogP contribution in [0.15, 0.2) is 53.6 Å². The first kappa shape index (κ1) is 16.0. The molecule has 0 saturated carbocycles. The lowest BCUT2D eigenvalue weighted by atomic mass is 10.1. The number of nitrogens with zero attached hydrogens (tertiary/aromatic N) is 1. The second kappa shape index (κ2) is 8.80. The Morgan fingerprint density at radius 1 is 1.24 bits per heavy atom. The summed E-state index contributed by atoms with van der Waals surface area (Å²) in [7, 11) is 0. The van der Waals surface area contributed by atoms with Gasteiger partial charge >= 0.3 is 0 Å². The van der Waals surface area contributed by atoms with Crippen LogP contribution in [0.2, 0.25) is 0 Å². The zero-order valence-corrected chi connectivity index (χ0v) is 13.1. The van der Waals surface area contributed by atoms with E-state index in [-0.39, 0.29) is 5.82 Å². The highest BCUT2D eigenvalue weighted by Crippen LogP contribution is 2.20. The van der Waals surface area contributed by atoms with E-state index in [9.17, 15) is 4.39 Å². The summed E-state index contributed by atoms with van der Waals surface area (Å²) < 4.78 is 13.2. The molecule has 1 unspecified atom stereocenters. The highest BCUT2D eigenvalue weighted by molar-refractivity contribution is 7.99. The average molecular weight is 304 g/mol. The molecule has 1 aromatic heterocycles. The zero-order valence-electron chi connectivity index (χ0n) is 12.3. The lowest BCUT2D eigenvalue weighted by Gasteiger charge is -2.18. The Balaban J connectivity index is 1.92. The van der Waals surface area contributed by atoms with Crippen LogP contribution < -0.4 is 5.32 Å². The molecule has 0 aliphatic rings. The summed E-state index contributed by atoms with van der Waals surface area (Å²) in [5, 5.41) is 3.55. The number of pyridine rings is 1. The fourth-order valence-electron chi connectivity index (χ4n) is 2.06. The van der Waals surface area contributed by atoms with Gasteiger partial charge in [-0.15, -0.1) is 11.8 Å². The minimum Gasteiger partial charge on any atom is -0.313 e. The Morgan fingerprint density at radius 2 is 2.14 bits per heavy atom. The number of thioether (sulfide) groups is 1. The van der Waals surface area contributed by atoms with Crippen LogP contribution in [-0.2, 0) is 6.42 Å². The summed E-state index contributed by atoms with van der Waals surface area (Å²) in [6, 6.07) is 13.1. The Bertz CT molecular complexity index is 533. The summed E-state index contributed by atoms with van der Waals surface area (Å²) in [6.07, 6.45) is 3.82. The normalized spacial score (nSPS) is 12.3. The third-order valence-electron chi connectivity index (χ3n) is 3.11. The van der Waals surface area contributed by atoms with Gasteiger partial charge in [-0.25, -0.2) is 4.39 Å². The van der Waals surface area contributed by atoms with Crippen LogP contribution in [-0.4, -0.2) is 23.3 Å². The number of hydrogen-bond donors (Lipinski definition) is 1. The standard InChI is InChI=1S/C17H21FN2S/c1-2-9-19-16(12-15-7-3-4-10-20-15)13-21-17-8-5-6-14(18)11-17/h3-8,10-11,16,19H,2,9,12-13H2,1H3. The van der Waals surface area contributed by atoms with E-state index in [0.29, 0.717) is 6.04 Å². The second-order valence-corrected chi connectivity index (χ2v) is 6.04. The Kier molecular flexibility index (Phi) is 6.70. The molecule has 0 bridgehead atoms. The molecule has 0 amide bonds. The van der Waals surface area contributed by atoms with Gasteiger partial charge in [-0.2, -0.15) is 0 Å². The van der Waals surface area contributed by atoms with Crippen molar-refractivity contribution in [2.45, 2.75) is 30.7 Å². The zero-order chi connectivity index (χ0) is 14.9. The van der Waals surface area contributed by atoms with Crippen LogP contribution in [0.4, 0.5) is 4.39 Å². The second-order valence-electron chi connectivity index (χ2n) is 4.94. The van der Waals surface area contributed by atoms with Crippen molar-refractivity contribution in [1.29, 1.82) is 0 Å². The molecule has 2 nitrogen and oxygen atoms in total. The SMILES string of the molecule is CCCNC(CSc1cccc(F)c1)Cc1ccccn1. The van der Waals surface area contributed by atoms with Gasteiger partial charge in [-0.1, -0.05) is 19.1 Å². The number of hydrogen-bond acceptors (Lipinski definition) is 3. The maximum atomic E-state index is 13.2. The minimum absolute atomic E-state index is 0.178. The van der Waals surface area contributed by atoms with Gasteiger partial charge in [0.15, 0.2) is 0 Å². The number of nitrogens with one attached hydrogen (secondary N) is 1. The lowest BCUT2D eigenvalue weighted by molar-refractivity contribution is 0.545. The van der Waals surface area contributed by atoms with Crippen LogP contribution >= 0.6 is 11.8 Å². The molecule has 1 atom stereocenters. The largest absolute Gasteiger partial charge is 0.313 e. The molecule has 21 heavy (non-hydrogen) atoms. The molecule has 112 valence electrons. The molecule has 2 aromatic rings. The molecule has 2 rings (SSSR count). The molecule has 1 aromatic carbocycles. The van der Waals surface area contributed by atoms with Crippen molar-refractivity contribution in [2.24, 2.45) is 0 Å². The van der Waals surface area contributed by atoms with Gasteiger partial charge < -0.3 is 5.32 Å². The van der Waals surface area contributed by atoms with E-state index in [1.165, 1.54) is 6.07 Å². The van der Waals surface area contributed by atoms with Crippen molar-refractivity contribution in [3.05, 3.63) is 60.2 Å². The molecular formula is C17H21FN2S. The molecule has 0 aliphatic carbocycles. The molecule has 1 N–H and O–H groups in total.